The molecule has 0 spiro atoms. The fourth-order valence-electron chi connectivity index (χ4n) is 1.27. The Bertz CT molecular complexity index is 457. The van der Waals surface area contributed by atoms with Crippen molar-refractivity contribution >= 4 is 41.9 Å². The molecule has 0 aliphatic heterocycles. The van der Waals surface area contributed by atoms with Gasteiger partial charge in [0.2, 0.25) is 10.0 Å². The van der Waals surface area contributed by atoms with Crippen molar-refractivity contribution in [3.8, 4) is 0 Å². The standard InChI is InChI=1S/C11H15Br2NO2S/c1-9(12)7-8-14(2)17(15,16)11-5-3-10(13)4-6-11/h3-6,9H,7-8H2,1-2H3. The lowest BCUT2D eigenvalue weighted by Crippen LogP contribution is -2.28. The summed E-state index contributed by atoms with van der Waals surface area (Å²) in [5.41, 5.74) is 0. The van der Waals surface area contributed by atoms with E-state index in [0.717, 1.165) is 10.9 Å². The van der Waals surface area contributed by atoms with E-state index >= 15 is 0 Å². The predicted molar refractivity (Wildman–Crippen MR) is 77.0 cm³/mol. The number of sulfonamides is 1. The maximum Gasteiger partial charge on any atom is 0.242 e. The topological polar surface area (TPSA) is 37.4 Å². The highest BCUT2D eigenvalue weighted by Crippen LogP contribution is 2.18. The van der Waals surface area contributed by atoms with Crippen LogP contribution in [0.2, 0.25) is 0 Å². The number of benzene rings is 1. The van der Waals surface area contributed by atoms with Crippen LogP contribution in [-0.2, 0) is 10.0 Å². The highest BCUT2D eigenvalue weighted by molar-refractivity contribution is 9.10. The summed E-state index contributed by atoms with van der Waals surface area (Å²) in [6.45, 7) is 2.50. The van der Waals surface area contributed by atoms with E-state index in [9.17, 15) is 8.42 Å². The van der Waals surface area contributed by atoms with E-state index in [2.05, 4.69) is 31.9 Å². The fourth-order valence-corrected chi connectivity index (χ4v) is 2.92. The second-order valence-corrected chi connectivity index (χ2v) is 8.37. The quantitative estimate of drug-likeness (QED) is 0.730. The molecule has 96 valence electrons. The van der Waals surface area contributed by atoms with Crippen molar-refractivity contribution < 1.29 is 8.42 Å². The van der Waals surface area contributed by atoms with E-state index in [4.69, 9.17) is 0 Å². The molecule has 0 saturated carbocycles. The lowest BCUT2D eigenvalue weighted by atomic mass is 10.3. The molecule has 0 fully saturated rings. The minimum absolute atomic E-state index is 0.310. The molecular weight excluding hydrogens is 370 g/mol. The highest BCUT2D eigenvalue weighted by atomic mass is 79.9. The Hall–Kier alpha value is 0.0900. The van der Waals surface area contributed by atoms with E-state index in [1.807, 2.05) is 6.92 Å². The molecule has 0 amide bonds. The molecule has 17 heavy (non-hydrogen) atoms. The third kappa shape index (κ3) is 4.35. The number of rotatable bonds is 5. The van der Waals surface area contributed by atoms with Crippen LogP contribution in [-0.4, -0.2) is 31.1 Å². The van der Waals surface area contributed by atoms with Gasteiger partial charge in [-0.1, -0.05) is 38.8 Å². The van der Waals surface area contributed by atoms with Crippen LogP contribution < -0.4 is 0 Å². The first kappa shape index (κ1) is 15.1. The van der Waals surface area contributed by atoms with Crippen LogP contribution >= 0.6 is 31.9 Å². The maximum atomic E-state index is 12.2. The average molecular weight is 385 g/mol. The summed E-state index contributed by atoms with van der Waals surface area (Å²) >= 11 is 6.69. The molecule has 1 atom stereocenters. The van der Waals surface area contributed by atoms with Gasteiger partial charge in [-0.05, 0) is 30.7 Å². The number of halogens is 2. The van der Waals surface area contributed by atoms with Gasteiger partial charge >= 0.3 is 0 Å². The number of nitrogens with zero attached hydrogens (tertiary/aromatic N) is 1. The molecule has 6 heteroatoms. The van der Waals surface area contributed by atoms with E-state index in [-0.39, 0.29) is 0 Å². The summed E-state index contributed by atoms with van der Waals surface area (Å²) in [7, 11) is -1.76. The zero-order valence-corrected chi connectivity index (χ0v) is 13.7. The zero-order chi connectivity index (χ0) is 13.1. The van der Waals surface area contributed by atoms with E-state index < -0.39 is 10.0 Å². The normalized spacial score (nSPS) is 13.9. The number of hydrogen-bond acceptors (Lipinski definition) is 2. The molecule has 0 N–H and O–H groups in total. The molecule has 3 nitrogen and oxygen atoms in total. The van der Waals surface area contributed by atoms with Crippen LogP contribution in [0.3, 0.4) is 0 Å². The van der Waals surface area contributed by atoms with E-state index in [1.165, 1.54) is 4.31 Å². The monoisotopic (exact) mass is 383 g/mol. The van der Waals surface area contributed by atoms with E-state index in [1.54, 1.807) is 31.3 Å². The Morgan fingerprint density at radius 3 is 2.29 bits per heavy atom. The molecule has 0 aliphatic rings. The third-order valence-corrected chi connectivity index (χ3v) is 5.22. The minimum Gasteiger partial charge on any atom is -0.207 e. The Kier molecular flexibility index (Phi) is 5.63. The largest absolute Gasteiger partial charge is 0.242 e. The molecule has 0 saturated heterocycles. The van der Waals surface area contributed by atoms with Crippen molar-refractivity contribution in [1.82, 2.24) is 4.31 Å². The number of hydrogen-bond donors (Lipinski definition) is 0. The van der Waals surface area contributed by atoms with Gasteiger partial charge in [0.05, 0.1) is 4.90 Å². The van der Waals surface area contributed by atoms with Crippen LogP contribution in [0, 0.1) is 0 Å². The second-order valence-electron chi connectivity index (χ2n) is 3.85. The van der Waals surface area contributed by atoms with Crippen molar-refractivity contribution in [3.63, 3.8) is 0 Å². The van der Waals surface area contributed by atoms with Crippen molar-refractivity contribution in [3.05, 3.63) is 28.7 Å². The van der Waals surface area contributed by atoms with E-state index in [0.29, 0.717) is 16.3 Å². The smallest absolute Gasteiger partial charge is 0.207 e. The van der Waals surface area contributed by atoms with Crippen molar-refractivity contribution in [2.24, 2.45) is 0 Å². The van der Waals surface area contributed by atoms with Crippen LogP contribution in [0.25, 0.3) is 0 Å². The summed E-state index contributed by atoms with van der Waals surface area (Å²) in [5.74, 6) is 0. The molecule has 1 aromatic rings. The van der Waals surface area contributed by atoms with Gasteiger partial charge in [-0.15, -0.1) is 0 Å². The Labute approximate surface area is 120 Å². The zero-order valence-electron chi connectivity index (χ0n) is 9.73. The van der Waals surface area contributed by atoms with Gasteiger partial charge in [0.15, 0.2) is 0 Å². The van der Waals surface area contributed by atoms with Gasteiger partial charge in [-0.3, -0.25) is 0 Å². The first-order valence-electron chi connectivity index (χ1n) is 5.20. The molecule has 0 bridgehead atoms. The average Bonchev–Trinajstić information content (AvgIpc) is 2.26. The summed E-state index contributed by atoms with van der Waals surface area (Å²) in [6.07, 6.45) is 0.784. The molecular formula is C11H15Br2NO2S. The highest BCUT2D eigenvalue weighted by Gasteiger charge is 2.20. The molecule has 0 aromatic heterocycles. The lowest BCUT2D eigenvalue weighted by Gasteiger charge is -2.17. The molecule has 1 unspecified atom stereocenters. The van der Waals surface area contributed by atoms with Crippen molar-refractivity contribution in [2.45, 2.75) is 23.1 Å². The molecule has 1 aromatic carbocycles. The first-order valence-corrected chi connectivity index (χ1v) is 8.35. The molecule has 0 aliphatic carbocycles. The fraction of sp³-hybridized carbons (Fsp3) is 0.455. The van der Waals surface area contributed by atoms with Crippen LogP contribution in [0.5, 0.6) is 0 Å². The summed E-state index contributed by atoms with van der Waals surface area (Å²) < 4.78 is 26.6. The molecule has 1 rings (SSSR count). The SMILES string of the molecule is CC(Br)CCN(C)S(=O)(=O)c1ccc(Br)cc1. The van der Waals surface area contributed by atoms with Crippen LogP contribution in [0.1, 0.15) is 13.3 Å². The van der Waals surface area contributed by atoms with Crippen molar-refractivity contribution in [2.75, 3.05) is 13.6 Å². The van der Waals surface area contributed by atoms with Gasteiger partial charge in [0.1, 0.15) is 0 Å². The summed E-state index contributed by atoms with van der Waals surface area (Å²) in [4.78, 5) is 0.635. The van der Waals surface area contributed by atoms with Gasteiger partial charge in [-0.25, -0.2) is 12.7 Å². The molecule has 0 heterocycles. The van der Waals surface area contributed by atoms with Gasteiger partial charge < -0.3 is 0 Å². The third-order valence-electron chi connectivity index (χ3n) is 2.36. The van der Waals surface area contributed by atoms with Gasteiger partial charge in [0, 0.05) is 22.9 Å². The molecule has 0 radical (unpaired) electrons. The first-order chi connectivity index (χ1) is 7.84. The second kappa shape index (κ2) is 6.31. The predicted octanol–water partition coefficient (Wildman–Crippen LogP) is 3.24. The summed E-state index contributed by atoms with van der Waals surface area (Å²) in [6, 6.07) is 6.67. The Morgan fingerprint density at radius 1 is 1.29 bits per heavy atom. The minimum atomic E-state index is -3.36. The van der Waals surface area contributed by atoms with Crippen LogP contribution in [0.4, 0.5) is 0 Å². The Morgan fingerprint density at radius 2 is 1.82 bits per heavy atom. The van der Waals surface area contributed by atoms with Crippen LogP contribution in [0.15, 0.2) is 33.6 Å². The number of alkyl halides is 1. The van der Waals surface area contributed by atoms with Gasteiger partial charge in [0.25, 0.3) is 0 Å². The Balaban J connectivity index is 2.84. The summed E-state index contributed by atoms with van der Waals surface area (Å²) in [5, 5.41) is 0. The maximum absolute atomic E-state index is 12.2. The van der Waals surface area contributed by atoms with Gasteiger partial charge in [-0.2, -0.15) is 0 Å². The van der Waals surface area contributed by atoms with Crippen molar-refractivity contribution in [1.29, 1.82) is 0 Å². The lowest BCUT2D eigenvalue weighted by molar-refractivity contribution is 0.462.